The number of aliphatic hydroxyl groups is 1. The van der Waals surface area contributed by atoms with Gasteiger partial charge in [0.15, 0.2) is 5.82 Å². The van der Waals surface area contributed by atoms with Crippen molar-refractivity contribution in [2.24, 2.45) is 0 Å². The molecular formula is C27H28N8O3. The lowest BCUT2D eigenvalue weighted by molar-refractivity contribution is -0.140. The summed E-state index contributed by atoms with van der Waals surface area (Å²) in [6.45, 7) is 2.88. The minimum Gasteiger partial charge on any atom is -0.384 e. The van der Waals surface area contributed by atoms with Crippen LogP contribution >= 0.6 is 0 Å². The Morgan fingerprint density at radius 1 is 1.11 bits per heavy atom. The zero-order valence-corrected chi connectivity index (χ0v) is 21.2. The molecule has 0 unspecified atom stereocenters. The number of aliphatic hydroxyl groups excluding tert-OH is 1. The van der Waals surface area contributed by atoms with Crippen LogP contribution in [0.3, 0.4) is 0 Å². The van der Waals surface area contributed by atoms with E-state index < -0.39 is 6.10 Å². The minimum atomic E-state index is -1.03. The summed E-state index contributed by atoms with van der Waals surface area (Å²) in [6, 6.07) is 9.32. The molecule has 194 valence electrons. The van der Waals surface area contributed by atoms with Gasteiger partial charge in [0.1, 0.15) is 11.6 Å². The number of carbonyl (C=O) groups excluding carboxylic acids is 2. The van der Waals surface area contributed by atoms with Crippen LogP contribution in [0.5, 0.6) is 0 Å². The maximum Gasteiger partial charge on any atom is 0.324 e. The van der Waals surface area contributed by atoms with Crippen molar-refractivity contribution in [2.45, 2.75) is 38.5 Å². The fourth-order valence-corrected chi connectivity index (χ4v) is 5.26. The molecule has 11 nitrogen and oxygen atoms in total. The second kappa shape index (κ2) is 9.49. The van der Waals surface area contributed by atoms with Gasteiger partial charge in [-0.1, -0.05) is 0 Å². The number of fused-ring (bicyclic) bond motifs is 3. The molecule has 2 aliphatic rings. The number of aromatic nitrogens is 5. The Morgan fingerprint density at radius 2 is 1.92 bits per heavy atom. The summed E-state index contributed by atoms with van der Waals surface area (Å²) in [4.78, 5) is 45.2. The Morgan fingerprint density at radius 3 is 2.61 bits per heavy atom. The standard InChI is InChI=1S/C27H28N8O3/c1-17(36)26(37)33-12-8-20(9-13-33)35-25-19(16-32(2)27(35)38)15-28-22-6-5-21(31-24(22)25)18-4-7-23(29-14-18)34-11-3-10-30-34/h3-7,10-11,14-15,17,20,36H,8-9,12-13,16H2,1-2H3/t17-/m1/s1. The van der Waals surface area contributed by atoms with Crippen molar-refractivity contribution < 1.29 is 14.7 Å². The van der Waals surface area contributed by atoms with Crippen LogP contribution in [0.25, 0.3) is 28.1 Å². The van der Waals surface area contributed by atoms with Gasteiger partial charge in [-0.2, -0.15) is 5.10 Å². The van der Waals surface area contributed by atoms with Gasteiger partial charge in [0.25, 0.3) is 5.91 Å². The highest BCUT2D eigenvalue weighted by atomic mass is 16.3. The van der Waals surface area contributed by atoms with Crippen LogP contribution in [0.4, 0.5) is 10.5 Å². The third-order valence-electron chi connectivity index (χ3n) is 7.22. The van der Waals surface area contributed by atoms with Gasteiger partial charge < -0.3 is 14.9 Å². The van der Waals surface area contributed by atoms with Gasteiger partial charge in [-0.3, -0.25) is 14.7 Å². The molecule has 4 aromatic heterocycles. The van der Waals surface area contributed by atoms with Crippen LogP contribution in [0, 0.1) is 0 Å². The molecule has 38 heavy (non-hydrogen) atoms. The van der Waals surface area contributed by atoms with Crippen LogP contribution in [0.1, 0.15) is 25.3 Å². The predicted octanol–water partition coefficient (Wildman–Crippen LogP) is 2.62. The summed E-state index contributed by atoms with van der Waals surface area (Å²) in [6.07, 6.45) is 7.31. The molecule has 4 aromatic rings. The monoisotopic (exact) mass is 512 g/mol. The molecule has 1 N–H and O–H groups in total. The van der Waals surface area contributed by atoms with Gasteiger partial charge in [0, 0.05) is 62.1 Å². The molecular weight excluding hydrogens is 484 g/mol. The zero-order chi connectivity index (χ0) is 26.4. The maximum absolute atomic E-state index is 13.5. The summed E-state index contributed by atoms with van der Waals surface area (Å²) >= 11 is 0. The maximum atomic E-state index is 13.5. The fourth-order valence-electron chi connectivity index (χ4n) is 5.26. The number of urea groups is 1. The average molecular weight is 513 g/mol. The van der Waals surface area contributed by atoms with Crippen molar-refractivity contribution in [3.8, 4) is 17.1 Å². The molecule has 11 heteroatoms. The fraction of sp³-hybridized carbons (Fsp3) is 0.333. The lowest BCUT2D eigenvalue weighted by Gasteiger charge is -2.43. The largest absolute Gasteiger partial charge is 0.384 e. The highest BCUT2D eigenvalue weighted by Crippen LogP contribution is 2.37. The van der Waals surface area contributed by atoms with E-state index in [-0.39, 0.29) is 18.0 Å². The Kier molecular flexibility index (Phi) is 5.99. The number of hydrogen-bond acceptors (Lipinski definition) is 7. The van der Waals surface area contributed by atoms with Crippen molar-refractivity contribution in [1.29, 1.82) is 0 Å². The number of hydrogen-bond donors (Lipinski definition) is 1. The SMILES string of the molecule is C[C@@H](O)C(=O)N1CCC(N2C(=O)N(C)Cc3cnc4ccc(-c5ccc(-n6cccn6)nc5)nc4c32)CC1. The van der Waals surface area contributed by atoms with Crippen molar-refractivity contribution in [1.82, 2.24) is 34.5 Å². The molecule has 3 amide bonds. The lowest BCUT2D eigenvalue weighted by Crippen LogP contribution is -2.55. The lowest BCUT2D eigenvalue weighted by atomic mass is 9.99. The normalized spacial score (nSPS) is 17.1. The van der Waals surface area contributed by atoms with Gasteiger partial charge >= 0.3 is 6.03 Å². The van der Waals surface area contributed by atoms with Crippen LogP contribution in [-0.2, 0) is 11.3 Å². The van der Waals surface area contributed by atoms with Gasteiger partial charge in [-0.15, -0.1) is 0 Å². The minimum absolute atomic E-state index is 0.0947. The number of anilines is 1. The van der Waals surface area contributed by atoms with E-state index in [9.17, 15) is 14.7 Å². The van der Waals surface area contributed by atoms with Crippen LogP contribution in [0.15, 0.2) is 55.1 Å². The second-order valence-corrected chi connectivity index (χ2v) is 9.79. The first-order valence-corrected chi connectivity index (χ1v) is 12.7. The number of nitrogens with zero attached hydrogens (tertiary/aromatic N) is 8. The Bertz CT molecular complexity index is 1500. The van der Waals surface area contributed by atoms with Crippen LogP contribution in [0.2, 0.25) is 0 Å². The molecule has 1 fully saturated rings. The second-order valence-electron chi connectivity index (χ2n) is 9.79. The third-order valence-corrected chi connectivity index (χ3v) is 7.22. The topological polar surface area (TPSA) is 121 Å². The molecule has 0 aliphatic carbocycles. The van der Waals surface area contributed by atoms with Crippen molar-refractivity contribution in [3.63, 3.8) is 0 Å². The molecule has 1 atom stereocenters. The summed E-state index contributed by atoms with van der Waals surface area (Å²) in [5, 5.41) is 13.9. The summed E-state index contributed by atoms with van der Waals surface area (Å²) < 4.78 is 1.69. The molecule has 0 spiro atoms. The first-order valence-electron chi connectivity index (χ1n) is 12.7. The molecule has 0 saturated carbocycles. The Labute approximate surface area is 219 Å². The number of carbonyl (C=O) groups is 2. The van der Waals surface area contributed by atoms with Crippen LogP contribution in [-0.4, -0.2) is 83.9 Å². The van der Waals surface area contributed by atoms with E-state index in [0.29, 0.717) is 49.3 Å². The highest BCUT2D eigenvalue weighted by Gasteiger charge is 2.38. The Balaban J connectivity index is 1.37. The van der Waals surface area contributed by atoms with E-state index in [0.717, 1.165) is 22.5 Å². The van der Waals surface area contributed by atoms with Gasteiger partial charge in [-0.25, -0.2) is 19.4 Å². The van der Waals surface area contributed by atoms with Crippen LogP contribution < -0.4 is 4.90 Å². The van der Waals surface area contributed by atoms with E-state index in [1.165, 1.54) is 6.92 Å². The van der Waals surface area contributed by atoms with E-state index in [4.69, 9.17) is 4.98 Å². The molecule has 2 aliphatic heterocycles. The molecule has 1 saturated heterocycles. The zero-order valence-electron chi connectivity index (χ0n) is 21.2. The first kappa shape index (κ1) is 24.0. The number of amides is 3. The summed E-state index contributed by atoms with van der Waals surface area (Å²) in [7, 11) is 1.78. The quantitative estimate of drug-likeness (QED) is 0.446. The number of piperidine rings is 1. The number of likely N-dealkylation sites (tertiary alicyclic amines) is 1. The van der Waals surface area contributed by atoms with E-state index >= 15 is 0 Å². The van der Waals surface area contributed by atoms with Gasteiger partial charge in [0.05, 0.1) is 23.4 Å². The highest BCUT2D eigenvalue weighted by molar-refractivity contribution is 6.04. The van der Waals surface area contributed by atoms with Crippen molar-refractivity contribution in [2.75, 3.05) is 25.0 Å². The molecule has 6 heterocycles. The molecule has 0 radical (unpaired) electrons. The average Bonchev–Trinajstić information content (AvgIpc) is 3.48. The van der Waals surface area contributed by atoms with Gasteiger partial charge in [-0.05, 0) is 50.1 Å². The molecule has 0 bridgehead atoms. The van der Waals surface area contributed by atoms with Gasteiger partial charge in [0.2, 0.25) is 0 Å². The van der Waals surface area contributed by atoms with E-state index in [1.54, 1.807) is 33.9 Å². The van der Waals surface area contributed by atoms with E-state index in [2.05, 4.69) is 15.1 Å². The third kappa shape index (κ3) is 4.14. The summed E-state index contributed by atoms with van der Waals surface area (Å²) in [5.41, 5.74) is 4.66. The first-order chi connectivity index (χ1) is 18.4. The molecule has 6 rings (SSSR count). The molecule has 0 aromatic carbocycles. The van der Waals surface area contributed by atoms with Crippen molar-refractivity contribution in [3.05, 3.63) is 60.7 Å². The number of pyridine rings is 3. The summed E-state index contributed by atoms with van der Waals surface area (Å²) in [5.74, 6) is 0.429. The van der Waals surface area contributed by atoms with Crippen molar-refractivity contribution >= 4 is 28.7 Å². The number of rotatable bonds is 4. The smallest absolute Gasteiger partial charge is 0.324 e. The predicted molar refractivity (Wildman–Crippen MR) is 141 cm³/mol. The van der Waals surface area contributed by atoms with E-state index in [1.807, 2.05) is 47.6 Å². The Hall–Kier alpha value is -4.38.